The first-order valence-electron chi connectivity index (χ1n) is 8.25. The summed E-state index contributed by atoms with van der Waals surface area (Å²) in [7, 11) is 0. The molecule has 0 saturated carbocycles. The maximum atomic E-state index is 12.5. The van der Waals surface area contributed by atoms with Crippen LogP contribution < -0.4 is 5.32 Å². The van der Waals surface area contributed by atoms with Gasteiger partial charge in [0.1, 0.15) is 0 Å². The van der Waals surface area contributed by atoms with E-state index in [4.69, 9.17) is 0 Å². The Hall–Kier alpha value is -1.20. The molecule has 2 aromatic heterocycles. The molecule has 2 heterocycles. The number of aromatic nitrogens is 1. The number of hydrogen-bond acceptors (Lipinski definition) is 4. The molecular formula is C18H24N2OS2. The summed E-state index contributed by atoms with van der Waals surface area (Å²) in [4.78, 5) is 19.3. The van der Waals surface area contributed by atoms with Gasteiger partial charge in [-0.15, -0.1) is 22.7 Å². The van der Waals surface area contributed by atoms with Crippen LogP contribution in [0.3, 0.4) is 0 Å². The number of thiophene rings is 1. The van der Waals surface area contributed by atoms with Gasteiger partial charge in [-0.05, 0) is 36.8 Å². The van der Waals surface area contributed by atoms with Gasteiger partial charge < -0.3 is 0 Å². The molecule has 0 fully saturated rings. The van der Waals surface area contributed by atoms with Crippen LogP contribution in [0.25, 0.3) is 0 Å². The van der Waals surface area contributed by atoms with Crippen molar-refractivity contribution in [3.05, 3.63) is 32.5 Å². The molecule has 1 aliphatic carbocycles. The SMILES string of the molecule is CCC1CCc2sc(C(=O)Nc3nc(C(C)(C)C)cs3)cc2C1. The Morgan fingerprint density at radius 1 is 1.43 bits per heavy atom. The average Bonchev–Trinajstić information content (AvgIpc) is 3.11. The van der Waals surface area contributed by atoms with Gasteiger partial charge in [0.05, 0.1) is 10.6 Å². The lowest BCUT2D eigenvalue weighted by atomic mass is 9.87. The van der Waals surface area contributed by atoms with Crippen LogP contribution in [0, 0.1) is 5.92 Å². The zero-order valence-electron chi connectivity index (χ0n) is 14.2. The number of carbonyl (C=O) groups excluding carboxylic acids is 1. The van der Waals surface area contributed by atoms with Gasteiger partial charge in [-0.25, -0.2) is 4.98 Å². The molecule has 3 rings (SSSR count). The van der Waals surface area contributed by atoms with Crippen LogP contribution in [0.2, 0.25) is 0 Å². The van der Waals surface area contributed by atoms with E-state index in [1.807, 2.05) is 5.38 Å². The summed E-state index contributed by atoms with van der Waals surface area (Å²) in [5, 5.41) is 5.68. The molecule has 1 atom stereocenters. The van der Waals surface area contributed by atoms with Crippen molar-refractivity contribution in [3.8, 4) is 0 Å². The Morgan fingerprint density at radius 3 is 2.87 bits per heavy atom. The number of nitrogens with zero attached hydrogens (tertiary/aromatic N) is 1. The second kappa shape index (κ2) is 6.36. The molecule has 1 amide bonds. The van der Waals surface area contributed by atoms with E-state index in [0.717, 1.165) is 29.3 Å². The first-order chi connectivity index (χ1) is 10.9. The molecule has 0 aliphatic heterocycles. The maximum Gasteiger partial charge on any atom is 0.267 e. The number of nitrogens with one attached hydrogen (secondary N) is 1. The van der Waals surface area contributed by atoms with Crippen LogP contribution in [0.4, 0.5) is 5.13 Å². The summed E-state index contributed by atoms with van der Waals surface area (Å²) in [6.45, 7) is 8.65. The summed E-state index contributed by atoms with van der Waals surface area (Å²) in [5.41, 5.74) is 2.42. The van der Waals surface area contributed by atoms with Gasteiger partial charge in [-0.1, -0.05) is 34.1 Å². The Balaban J connectivity index is 1.72. The van der Waals surface area contributed by atoms with Gasteiger partial charge in [-0.3, -0.25) is 10.1 Å². The van der Waals surface area contributed by atoms with E-state index in [1.165, 1.54) is 34.6 Å². The molecule has 5 heteroatoms. The molecule has 0 radical (unpaired) electrons. The molecule has 1 aliphatic rings. The van der Waals surface area contributed by atoms with E-state index in [9.17, 15) is 4.79 Å². The third-order valence-corrected chi connectivity index (χ3v) is 6.47. The van der Waals surface area contributed by atoms with Gasteiger partial charge in [0.15, 0.2) is 5.13 Å². The molecule has 0 saturated heterocycles. The minimum atomic E-state index is -0.0211. The Morgan fingerprint density at radius 2 is 2.22 bits per heavy atom. The summed E-state index contributed by atoms with van der Waals surface area (Å²) in [6, 6.07) is 2.09. The van der Waals surface area contributed by atoms with Gasteiger partial charge in [0, 0.05) is 15.7 Å². The minimum absolute atomic E-state index is 0.0106. The predicted octanol–water partition coefficient (Wildman–Crippen LogP) is 5.27. The predicted molar refractivity (Wildman–Crippen MR) is 98.9 cm³/mol. The maximum absolute atomic E-state index is 12.5. The lowest BCUT2D eigenvalue weighted by molar-refractivity contribution is 0.103. The van der Waals surface area contributed by atoms with Crippen molar-refractivity contribution in [1.82, 2.24) is 4.98 Å². The number of carbonyl (C=O) groups is 1. The van der Waals surface area contributed by atoms with Crippen molar-refractivity contribution < 1.29 is 4.79 Å². The van der Waals surface area contributed by atoms with Crippen molar-refractivity contribution in [2.24, 2.45) is 5.92 Å². The van der Waals surface area contributed by atoms with Crippen LogP contribution in [-0.2, 0) is 18.3 Å². The highest BCUT2D eigenvalue weighted by atomic mass is 32.1. The molecule has 0 aromatic carbocycles. The quantitative estimate of drug-likeness (QED) is 0.821. The van der Waals surface area contributed by atoms with Crippen molar-refractivity contribution in [3.63, 3.8) is 0 Å². The second-order valence-corrected chi connectivity index (χ2v) is 9.31. The first-order valence-corrected chi connectivity index (χ1v) is 9.95. The van der Waals surface area contributed by atoms with Crippen LogP contribution in [0.15, 0.2) is 11.4 Å². The molecule has 23 heavy (non-hydrogen) atoms. The minimum Gasteiger partial charge on any atom is -0.297 e. The molecule has 0 spiro atoms. The molecule has 1 N–H and O–H groups in total. The number of aryl methyl sites for hydroxylation is 1. The van der Waals surface area contributed by atoms with Gasteiger partial charge in [-0.2, -0.15) is 0 Å². The highest BCUT2D eigenvalue weighted by molar-refractivity contribution is 7.15. The standard InChI is InChI=1S/C18H24N2OS2/c1-5-11-6-7-13-12(8-11)9-14(23-13)16(21)20-17-19-15(10-22-17)18(2,3)4/h9-11H,5-8H2,1-4H3,(H,19,20,21). The van der Waals surface area contributed by atoms with Crippen molar-refractivity contribution >= 4 is 33.7 Å². The van der Waals surface area contributed by atoms with Gasteiger partial charge in [0.25, 0.3) is 5.91 Å². The number of fused-ring (bicyclic) bond motifs is 1. The monoisotopic (exact) mass is 348 g/mol. The van der Waals surface area contributed by atoms with Crippen molar-refractivity contribution in [2.75, 3.05) is 5.32 Å². The summed E-state index contributed by atoms with van der Waals surface area (Å²) in [6.07, 6.45) is 4.73. The fourth-order valence-electron chi connectivity index (χ4n) is 2.89. The largest absolute Gasteiger partial charge is 0.297 e. The van der Waals surface area contributed by atoms with Crippen molar-refractivity contribution in [1.29, 1.82) is 0 Å². The van der Waals surface area contributed by atoms with Crippen LogP contribution >= 0.6 is 22.7 Å². The normalized spacial score (nSPS) is 17.8. The van der Waals surface area contributed by atoms with E-state index in [2.05, 4.69) is 44.1 Å². The molecule has 3 nitrogen and oxygen atoms in total. The van der Waals surface area contributed by atoms with E-state index in [0.29, 0.717) is 5.13 Å². The highest BCUT2D eigenvalue weighted by Gasteiger charge is 2.23. The Kier molecular flexibility index (Phi) is 4.61. The molecule has 124 valence electrons. The zero-order chi connectivity index (χ0) is 16.6. The van der Waals surface area contributed by atoms with Crippen LogP contribution in [0.1, 0.15) is 66.3 Å². The van der Waals surface area contributed by atoms with Gasteiger partial charge in [0.2, 0.25) is 0 Å². The van der Waals surface area contributed by atoms with E-state index in [-0.39, 0.29) is 11.3 Å². The highest BCUT2D eigenvalue weighted by Crippen LogP contribution is 2.34. The number of rotatable bonds is 3. The average molecular weight is 349 g/mol. The van der Waals surface area contributed by atoms with E-state index >= 15 is 0 Å². The third kappa shape index (κ3) is 3.66. The lowest BCUT2D eigenvalue weighted by Crippen LogP contribution is -2.13. The number of hydrogen-bond donors (Lipinski definition) is 1. The summed E-state index contributed by atoms with van der Waals surface area (Å²) < 4.78 is 0. The fraction of sp³-hybridized carbons (Fsp3) is 0.556. The lowest BCUT2D eigenvalue weighted by Gasteiger charge is -2.19. The summed E-state index contributed by atoms with van der Waals surface area (Å²) >= 11 is 3.15. The van der Waals surface area contributed by atoms with E-state index < -0.39 is 0 Å². The molecule has 1 unspecified atom stereocenters. The fourth-order valence-corrected chi connectivity index (χ4v) is 4.93. The molecule has 2 aromatic rings. The smallest absolute Gasteiger partial charge is 0.267 e. The summed E-state index contributed by atoms with van der Waals surface area (Å²) in [5.74, 6) is 0.758. The van der Waals surface area contributed by atoms with Crippen LogP contribution in [-0.4, -0.2) is 10.9 Å². The Labute approximate surface area is 146 Å². The second-order valence-electron chi connectivity index (χ2n) is 7.32. The molecular weight excluding hydrogens is 324 g/mol. The molecule has 0 bridgehead atoms. The van der Waals surface area contributed by atoms with Crippen LogP contribution in [0.5, 0.6) is 0 Å². The van der Waals surface area contributed by atoms with Gasteiger partial charge >= 0.3 is 0 Å². The third-order valence-electron chi connectivity index (χ3n) is 4.48. The first kappa shape index (κ1) is 16.7. The Bertz CT molecular complexity index is 709. The number of thiazole rings is 1. The van der Waals surface area contributed by atoms with E-state index in [1.54, 1.807) is 11.3 Å². The number of anilines is 1. The topological polar surface area (TPSA) is 42.0 Å². The van der Waals surface area contributed by atoms with Crippen molar-refractivity contribution in [2.45, 2.75) is 58.8 Å². The zero-order valence-corrected chi connectivity index (χ0v) is 15.9. The number of amides is 1.